The number of aromatic nitrogens is 2. The van der Waals surface area contributed by atoms with Crippen molar-refractivity contribution in [2.45, 2.75) is 52.4 Å². The summed E-state index contributed by atoms with van der Waals surface area (Å²) in [5.41, 5.74) is 6.97. The maximum absolute atomic E-state index is 4.48. The van der Waals surface area contributed by atoms with Gasteiger partial charge < -0.3 is 9.97 Å². The monoisotopic (exact) mass is 663 g/mol. The molecule has 0 saturated carbocycles. The fourth-order valence-electron chi connectivity index (χ4n) is 3.88. The molecule has 0 bridgehead atoms. The normalized spacial score (nSPS) is 11.3. The number of benzene rings is 3. The molecule has 2 nitrogen and oxygen atoms in total. The first kappa shape index (κ1) is 28.4. The third kappa shape index (κ3) is 7.44. The van der Waals surface area contributed by atoms with Gasteiger partial charge in [0.2, 0.25) is 0 Å². The van der Waals surface area contributed by atoms with Crippen LogP contribution in [0.3, 0.4) is 0 Å². The van der Waals surface area contributed by atoms with Crippen molar-refractivity contribution in [3.8, 4) is 22.5 Å². The van der Waals surface area contributed by atoms with E-state index >= 15 is 0 Å². The Morgan fingerprint density at radius 1 is 0.595 bits per heavy atom. The fourth-order valence-corrected chi connectivity index (χ4v) is 3.88. The molecule has 1 radical (unpaired) electrons. The Morgan fingerprint density at radius 3 is 1.86 bits per heavy atom. The zero-order valence-electron chi connectivity index (χ0n) is 22.5. The summed E-state index contributed by atoms with van der Waals surface area (Å²) >= 11 is 0. The van der Waals surface area contributed by atoms with E-state index in [0.717, 1.165) is 22.5 Å². The first-order valence-electron chi connectivity index (χ1n) is 12.4. The molecule has 2 aromatic heterocycles. The number of rotatable bonds is 2. The van der Waals surface area contributed by atoms with E-state index in [0.29, 0.717) is 0 Å². The molecule has 0 atom stereocenters. The Balaban J connectivity index is 0.000000204. The van der Waals surface area contributed by atoms with Gasteiger partial charge in [-0.2, -0.15) is 0 Å². The third-order valence-electron chi connectivity index (χ3n) is 6.20. The number of pyridine rings is 2. The second-order valence-electron chi connectivity index (χ2n) is 11.1. The Morgan fingerprint density at radius 2 is 1.24 bits per heavy atom. The largest absolute Gasteiger partial charge is 0.305 e. The zero-order valence-corrected chi connectivity index (χ0v) is 24.9. The van der Waals surface area contributed by atoms with Crippen LogP contribution in [0.2, 0.25) is 0 Å². The second kappa shape index (κ2) is 11.9. The van der Waals surface area contributed by atoms with Crippen LogP contribution in [-0.4, -0.2) is 9.97 Å². The third-order valence-corrected chi connectivity index (χ3v) is 6.20. The van der Waals surface area contributed by atoms with Gasteiger partial charge in [-0.15, -0.1) is 71.3 Å². The number of hydrogen-bond donors (Lipinski definition) is 0. The van der Waals surface area contributed by atoms with Gasteiger partial charge >= 0.3 is 0 Å². The quantitative estimate of drug-likeness (QED) is 0.177. The summed E-state index contributed by atoms with van der Waals surface area (Å²) in [5.74, 6) is 0. The van der Waals surface area contributed by atoms with Gasteiger partial charge in [0.25, 0.3) is 0 Å². The smallest absolute Gasteiger partial charge is 0.0239 e. The summed E-state index contributed by atoms with van der Waals surface area (Å²) in [6.07, 6.45) is 3.80. The van der Waals surface area contributed by atoms with E-state index in [2.05, 4.69) is 112 Å². The number of hydrogen-bond acceptors (Lipinski definition) is 2. The molecule has 3 aromatic carbocycles. The van der Waals surface area contributed by atoms with Crippen molar-refractivity contribution in [2.24, 2.45) is 0 Å². The Hall–Kier alpha value is -3.13. The summed E-state index contributed by atoms with van der Waals surface area (Å²) in [5, 5.41) is 2.38. The van der Waals surface area contributed by atoms with Crippen molar-refractivity contribution < 1.29 is 20.1 Å². The van der Waals surface area contributed by atoms with Crippen LogP contribution in [0.4, 0.5) is 0 Å². The molecule has 191 valence electrons. The van der Waals surface area contributed by atoms with E-state index < -0.39 is 0 Å². The topological polar surface area (TPSA) is 25.8 Å². The summed E-state index contributed by atoms with van der Waals surface area (Å²) in [6, 6.07) is 35.4. The average Bonchev–Trinajstić information content (AvgIpc) is 2.88. The standard InChI is InChI=1S/C19H24N.C15H10N.Ir/c1-18(2,3)15-9-7-14(8-10-15)17-13-16(11-12-20-17)19(4,5)6;1-2-6-12(7-3-1)15-10-13-8-4-5-9-14(13)11-16-15;/h7,9-13H,1-6H3;1-6,8-11H;/q2*-1;. The SMILES string of the molecule is CC(C)(C)c1c[c-]c(-c2cc(C(C)(C)C)ccn2)cc1.[Ir].[c-]1ccccc1-c1cc2ccccc2cn1. The zero-order chi connectivity index (χ0) is 25.8. The summed E-state index contributed by atoms with van der Waals surface area (Å²) in [4.78, 5) is 8.93. The molecule has 5 rings (SSSR count). The Labute approximate surface area is 235 Å². The molecule has 0 spiro atoms. The van der Waals surface area contributed by atoms with Crippen LogP contribution in [0.1, 0.15) is 52.7 Å². The van der Waals surface area contributed by atoms with Crippen molar-refractivity contribution in [2.75, 3.05) is 0 Å². The Kier molecular flexibility index (Phi) is 9.18. The van der Waals surface area contributed by atoms with E-state index in [1.165, 1.54) is 21.9 Å². The van der Waals surface area contributed by atoms with Crippen molar-refractivity contribution >= 4 is 10.8 Å². The molecule has 2 heterocycles. The number of nitrogens with zero attached hydrogens (tertiary/aromatic N) is 2. The van der Waals surface area contributed by atoms with Crippen LogP contribution >= 0.6 is 0 Å². The van der Waals surface area contributed by atoms with E-state index in [-0.39, 0.29) is 30.9 Å². The minimum atomic E-state index is 0. The summed E-state index contributed by atoms with van der Waals surface area (Å²) in [7, 11) is 0. The first-order valence-corrected chi connectivity index (χ1v) is 12.4. The minimum Gasteiger partial charge on any atom is -0.305 e. The van der Waals surface area contributed by atoms with Crippen LogP contribution < -0.4 is 0 Å². The molecule has 0 saturated heterocycles. The molecular weight excluding hydrogens is 629 g/mol. The Bertz CT molecular complexity index is 1430. The van der Waals surface area contributed by atoms with Crippen LogP contribution in [0, 0.1) is 12.1 Å². The minimum absolute atomic E-state index is 0. The van der Waals surface area contributed by atoms with Gasteiger partial charge in [0.05, 0.1) is 0 Å². The molecule has 0 unspecified atom stereocenters. The molecule has 0 aliphatic rings. The maximum Gasteiger partial charge on any atom is 0.0239 e. The first-order chi connectivity index (χ1) is 17.1. The van der Waals surface area contributed by atoms with Gasteiger partial charge in [-0.25, -0.2) is 0 Å². The van der Waals surface area contributed by atoms with Gasteiger partial charge in [-0.3, -0.25) is 0 Å². The average molecular weight is 663 g/mol. The molecule has 0 N–H and O–H groups in total. The van der Waals surface area contributed by atoms with Crippen LogP contribution in [0.15, 0.2) is 97.3 Å². The molecular formula is C34H34IrN2-2. The molecule has 0 aliphatic carbocycles. The van der Waals surface area contributed by atoms with Crippen LogP contribution in [-0.2, 0) is 30.9 Å². The molecule has 3 heteroatoms. The van der Waals surface area contributed by atoms with Gasteiger partial charge in [0, 0.05) is 32.5 Å². The second-order valence-corrected chi connectivity index (χ2v) is 11.1. The van der Waals surface area contributed by atoms with E-state index in [9.17, 15) is 0 Å². The summed E-state index contributed by atoms with van der Waals surface area (Å²) < 4.78 is 0. The van der Waals surface area contributed by atoms with Crippen molar-refractivity contribution in [3.05, 3.63) is 121 Å². The molecule has 0 aliphatic heterocycles. The fraction of sp³-hybridized carbons (Fsp3) is 0.235. The molecule has 0 amide bonds. The van der Waals surface area contributed by atoms with Crippen molar-refractivity contribution in [3.63, 3.8) is 0 Å². The molecule has 0 fully saturated rings. The van der Waals surface area contributed by atoms with Crippen molar-refractivity contribution in [1.82, 2.24) is 9.97 Å². The van der Waals surface area contributed by atoms with Gasteiger partial charge in [0.1, 0.15) is 0 Å². The van der Waals surface area contributed by atoms with Crippen LogP contribution in [0.25, 0.3) is 33.3 Å². The number of fused-ring (bicyclic) bond motifs is 1. The van der Waals surface area contributed by atoms with Crippen LogP contribution in [0.5, 0.6) is 0 Å². The van der Waals surface area contributed by atoms with E-state index in [1.807, 2.05) is 48.8 Å². The van der Waals surface area contributed by atoms with E-state index in [1.54, 1.807) is 0 Å². The maximum atomic E-state index is 4.48. The van der Waals surface area contributed by atoms with Gasteiger partial charge in [-0.05, 0) is 44.6 Å². The predicted octanol–water partition coefficient (Wildman–Crippen LogP) is 8.84. The predicted molar refractivity (Wildman–Crippen MR) is 152 cm³/mol. The summed E-state index contributed by atoms with van der Waals surface area (Å²) in [6.45, 7) is 13.3. The van der Waals surface area contributed by atoms with E-state index in [4.69, 9.17) is 0 Å². The molecule has 5 aromatic rings. The molecule has 37 heavy (non-hydrogen) atoms. The van der Waals surface area contributed by atoms with Gasteiger partial charge in [-0.1, -0.05) is 77.9 Å². The van der Waals surface area contributed by atoms with Crippen molar-refractivity contribution in [1.29, 1.82) is 0 Å². The van der Waals surface area contributed by atoms with Gasteiger partial charge in [0.15, 0.2) is 0 Å².